The van der Waals surface area contributed by atoms with Gasteiger partial charge in [0.25, 0.3) is 0 Å². The molecule has 1 atom stereocenters. The molecule has 0 saturated carbocycles. The van der Waals surface area contributed by atoms with Gasteiger partial charge < -0.3 is 10.2 Å². The quantitative estimate of drug-likeness (QED) is 0.684. The topological polar surface area (TPSA) is 49.4 Å². The summed E-state index contributed by atoms with van der Waals surface area (Å²) in [6.45, 7) is 11.2. The van der Waals surface area contributed by atoms with E-state index < -0.39 is 6.04 Å². The first kappa shape index (κ1) is 22.7. The molecule has 2 aromatic rings. The highest BCUT2D eigenvalue weighted by molar-refractivity contribution is 5.88. The second kappa shape index (κ2) is 10.8. The van der Waals surface area contributed by atoms with Gasteiger partial charge >= 0.3 is 0 Å². The van der Waals surface area contributed by atoms with Crippen LogP contribution in [0.25, 0.3) is 0 Å². The molecule has 0 aliphatic heterocycles. The molecule has 0 aliphatic carbocycles. The molecule has 2 rings (SSSR count). The zero-order valence-electron chi connectivity index (χ0n) is 18.4. The molecular weight excluding hydrogens is 360 g/mol. The monoisotopic (exact) mass is 394 g/mol. The minimum atomic E-state index is -0.480. The van der Waals surface area contributed by atoms with Crippen LogP contribution in [-0.2, 0) is 22.6 Å². The summed E-state index contributed by atoms with van der Waals surface area (Å²) in [7, 11) is 0. The fraction of sp³-hybridized carbons (Fsp3) is 0.440. The summed E-state index contributed by atoms with van der Waals surface area (Å²) in [5.41, 5.74) is 4.28. The van der Waals surface area contributed by atoms with Crippen LogP contribution >= 0.6 is 0 Å². The summed E-state index contributed by atoms with van der Waals surface area (Å²) in [5, 5.41) is 3.01. The molecule has 0 unspecified atom stereocenters. The average molecular weight is 395 g/mol. The van der Waals surface area contributed by atoms with Crippen molar-refractivity contribution in [3.63, 3.8) is 0 Å². The highest BCUT2D eigenvalue weighted by Gasteiger charge is 2.28. The first-order valence-corrected chi connectivity index (χ1v) is 10.5. The van der Waals surface area contributed by atoms with Crippen LogP contribution in [0.15, 0.2) is 48.5 Å². The fourth-order valence-electron chi connectivity index (χ4n) is 3.45. The third kappa shape index (κ3) is 7.04. The van der Waals surface area contributed by atoms with Gasteiger partial charge in [-0.1, -0.05) is 80.4 Å². The summed E-state index contributed by atoms with van der Waals surface area (Å²) in [4.78, 5) is 27.9. The molecule has 0 aliphatic rings. The molecule has 0 bridgehead atoms. The Morgan fingerprint density at radius 1 is 0.966 bits per heavy atom. The number of nitrogens with one attached hydrogen (secondary N) is 1. The second-order valence-corrected chi connectivity index (χ2v) is 8.24. The SMILES string of the molecule is CC[C@H](C(=O)NCC(C)C)N(Cc1cccc(C)c1)C(=O)Cc1cccc(C)c1. The standard InChI is InChI=1S/C25H34N2O2/c1-6-23(25(29)26-16-18(2)3)27(17-22-12-8-10-20(5)14-22)24(28)15-21-11-7-9-19(4)13-21/h7-14,18,23H,6,15-17H2,1-5H3,(H,26,29)/t23-/m1/s1. The minimum Gasteiger partial charge on any atom is -0.354 e. The number of rotatable bonds is 9. The lowest BCUT2D eigenvalue weighted by Gasteiger charge is -2.31. The Morgan fingerprint density at radius 3 is 2.10 bits per heavy atom. The van der Waals surface area contributed by atoms with Crippen LogP contribution < -0.4 is 5.32 Å². The number of amides is 2. The molecule has 2 aromatic carbocycles. The number of aryl methyl sites for hydroxylation is 2. The molecule has 0 aromatic heterocycles. The second-order valence-electron chi connectivity index (χ2n) is 8.24. The normalized spacial score (nSPS) is 11.9. The van der Waals surface area contributed by atoms with Crippen molar-refractivity contribution in [2.45, 2.75) is 60.0 Å². The Morgan fingerprint density at radius 2 is 1.55 bits per heavy atom. The van der Waals surface area contributed by atoms with Crippen LogP contribution in [0.3, 0.4) is 0 Å². The highest BCUT2D eigenvalue weighted by Crippen LogP contribution is 2.16. The Kier molecular flexibility index (Phi) is 8.44. The van der Waals surface area contributed by atoms with Gasteiger partial charge in [-0.25, -0.2) is 0 Å². The number of carbonyl (C=O) groups is 2. The number of hydrogen-bond acceptors (Lipinski definition) is 2. The summed E-state index contributed by atoms with van der Waals surface area (Å²) in [6.07, 6.45) is 0.872. The van der Waals surface area contributed by atoms with Gasteiger partial charge in [-0.2, -0.15) is 0 Å². The molecule has 0 spiro atoms. The number of benzene rings is 2. The Balaban J connectivity index is 2.27. The van der Waals surface area contributed by atoms with Gasteiger partial charge in [0, 0.05) is 13.1 Å². The van der Waals surface area contributed by atoms with E-state index in [0.717, 1.165) is 22.3 Å². The summed E-state index contributed by atoms with van der Waals surface area (Å²) < 4.78 is 0. The summed E-state index contributed by atoms with van der Waals surface area (Å²) in [6, 6.07) is 15.6. The average Bonchev–Trinajstić information content (AvgIpc) is 2.66. The van der Waals surface area contributed by atoms with E-state index in [1.807, 2.05) is 63.2 Å². The molecule has 0 radical (unpaired) electrons. The summed E-state index contributed by atoms with van der Waals surface area (Å²) >= 11 is 0. The number of carbonyl (C=O) groups excluding carboxylic acids is 2. The Labute approximate surface area is 175 Å². The van der Waals surface area contributed by atoms with E-state index in [1.54, 1.807) is 4.90 Å². The maximum Gasteiger partial charge on any atom is 0.242 e. The van der Waals surface area contributed by atoms with Crippen LogP contribution in [0.4, 0.5) is 0 Å². The number of hydrogen-bond donors (Lipinski definition) is 1. The lowest BCUT2D eigenvalue weighted by atomic mass is 10.0. The summed E-state index contributed by atoms with van der Waals surface area (Å²) in [5.74, 6) is 0.264. The third-order valence-electron chi connectivity index (χ3n) is 4.94. The minimum absolute atomic E-state index is 0.0244. The van der Waals surface area contributed by atoms with Crippen molar-refractivity contribution < 1.29 is 9.59 Å². The fourth-order valence-corrected chi connectivity index (χ4v) is 3.45. The van der Waals surface area contributed by atoms with Gasteiger partial charge in [0.15, 0.2) is 0 Å². The first-order valence-electron chi connectivity index (χ1n) is 10.5. The van der Waals surface area contributed by atoms with E-state index >= 15 is 0 Å². The third-order valence-corrected chi connectivity index (χ3v) is 4.94. The molecule has 156 valence electrons. The first-order chi connectivity index (χ1) is 13.8. The molecule has 0 fully saturated rings. The van der Waals surface area contributed by atoms with Gasteiger partial charge in [-0.05, 0) is 37.3 Å². The van der Waals surface area contributed by atoms with Gasteiger partial charge in [-0.15, -0.1) is 0 Å². The number of nitrogens with zero attached hydrogens (tertiary/aromatic N) is 1. The Hall–Kier alpha value is -2.62. The zero-order valence-corrected chi connectivity index (χ0v) is 18.4. The maximum absolute atomic E-state index is 13.3. The van der Waals surface area contributed by atoms with E-state index in [4.69, 9.17) is 0 Å². The van der Waals surface area contributed by atoms with Crippen molar-refractivity contribution in [3.8, 4) is 0 Å². The van der Waals surface area contributed by atoms with Crippen LogP contribution in [0, 0.1) is 19.8 Å². The van der Waals surface area contributed by atoms with E-state index in [1.165, 1.54) is 0 Å². The molecule has 0 heterocycles. The van der Waals surface area contributed by atoms with Crippen molar-refractivity contribution in [1.82, 2.24) is 10.2 Å². The lowest BCUT2D eigenvalue weighted by molar-refractivity contribution is -0.141. The van der Waals surface area contributed by atoms with Crippen molar-refractivity contribution in [1.29, 1.82) is 0 Å². The predicted molar refractivity (Wildman–Crippen MR) is 119 cm³/mol. The van der Waals surface area contributed by atoms with Crippen LogP contribution in [0.1, 0.15) is 49.4 Å². The van der Waals surface area contributed by atoms with Crippen molar-refractivity contribution in [2.75, 3.05) is 6.54 Å². The van der Waals surface area contributed by atoms with Gasteiger partial charge in [-0.3, -0.25) is 9.59 Å². The highest BCUT2D eigenvalue weighted by atomic mass is 16.2. The molecule has 0 saturated heterocycles. The molecule has 1 N–H and O–H groups in total. The molecule has 29 heavy (non-hydrogen) atoms. The molecule has 4 heteroatoms. The lowest BCUT2D eigenvalue weighted by Crippen LogP contribution is -2.50. The van der Waals surface area contributed by atoms with Crippen LogP contribution in [0.2, 0.25) is 0 Å². The van der Waals surface area contributed by atoms with E-state index in [2.05, 4.69) is 25.2 Å². The maximum atomic E-state index is 13.3. The van der Waals surface area contributed by atoms with Gasteiger partial charge in [0.05, 0.1) is 6.42 Å². The van der Waals surface area contributed by atoms with Crippen molar-refractivity contribution >= 4 is 11.8 Å². The van der Waals surface area contributed by atoms with E-state index in [9.17, 15) is 9.59 Å². The van der Waals surface area contributed by atoms with Crippen LogP contribution in [-0.4, -0.2) is 29.3 Å². The Bertz CT molecular complexity index is 829. The zero-order chi connectivity index (χ0) is 21.4. The molecular formula is C25H34N2O2. The van der Waals surface area contributed by atoms with Gasteiger partial charge in [0.2, 0.25) is 11.8 Å². The van der Waals surface area contributed by atoms with E-state index in [-0.39, 0.29) is 11.8 Å². The van der Waals surface area contributed by atoms with E-state index in [0.29, 0.717) is 31.8 Å². The predicted octanol–water partition coefficient (Wildman–Crippen LogP) is 4.43. The van der Waals surface area contributed by atoms with Gasteiger partial charge in [0.1, 0.15) is 6.04 Å². The largest absolute Gasteiger partial charge is 0.354 e. The van der Waals surface area contributed by atoms with Crippen molar-refractivity contribution in [3.05, 3.63) is 70.8 Å². The smallest absolute Gasteiger partial charge is 0.242 e. The van der Waals surface area contributed by atoms with Crippen LogP contribution in [0.5, 0.6) is 0 Å². The van der Waals surface area contributed by atoms with Crippen molar-refractivity contribution in [2.24, 2.45) is 5.92 Å². The molecule has 2 amide bonds. The molecule has 4 nitrogen and oxygen atoms in total.